The molecule has 0 spiro atoms. The smallest absolute Gasteiger partial charge is 0.280 e. The summed E-state index contributed by atoms with van der Waals surface area (Å²) < 4.78 is 23.4. The molecule has 1 amide bonds. The Morgan fingerprint density at radius 2 is 2.08 bits per heavy atom. The van der Waals surface area contributed by atoms with Crippen molar-refractivity contribution >= 4 is 12.1 Å². The highest BCUT2D eigenvalue weighted by Gasteiger charge is 2.14. The molecule has 0 aromatic heterocycles. The molecule has 24 heavy (non-hydrogen) atoms. The number of halogens is 1. The Morgan fingerprint density at radius 3 is 2.79 bits per heavy atom. The summed E-state index contributed by atoms with van der Waals surface area (Å²) in [5.41, 5.74) is 2.67. The highest BCUT2D eigenvalue weighted by atomic mass is 19.1. The third kappa shape index (κ3) is 4.70. The number of ether oxygens (including phenoxy) is 2. The number of phenolic OH excluding ortho intramolecular Hbond substituents is 1. The molecule has 2 aromatic rings. The Labute approximate surface area is 138 Å². The summed E-state index contributed by atoms with van der Waals surface area (Å²) in [6, 6.07) is 10.1. The summed E-state index contributed by atoms with van der Waals surface area (Å²) in [6.45, 7) is 1.51. The number of nitrogens with zero attached hydrogens (tertiary/aromatic N) is 1. The van der Waals surface area contributed by atoms with E-state index in [1.54, 1.807) is 18.2 Å². The van der Waals surface area contributed by atoms with E-state index in [2.05, 4.69) is 10.5 Å². The fourth-order valence-electron chi connectivity index (χ4n) is 1.82. The van der Waals surface area contributed by atoms with E-state index in [4.69, 9.17) is 9.47 Å². The van der Waals surface area contributed by atoms with Crippen LogP contribution < -0.4 is 14.9 Å². The second-order valence-corrected chi connectivity index (χ2v) is 4.88. The second kappa shape index (κ2) is 7.96. The lowest BCUT2D eigenvalue weighted by Crippen LogP contribution is -2.33. The van der Waals surface area contributed by atoms with Crippen LogP contribution in [0.25, 0.3) is 0 Å². The fourth-order valence-corrected chi connectivity index (χ4v) is 1.82. The molecule has 0 aliphatic heterocycles. The van der Waals surface area contributed by atoms with Gasteiger partial charge in [-0.15, -0.1) is 0 Å². The molecule has 0 aliphatic rings. The van der Waals surface area contributed by atoms with Crippen LogP contribution in [0.2, 0.25) is 0 Å². The molecule has 2 N–H and O–H groups in total. The molecule has 0 aliphatic carbocycles. The van der Waals surface area contributed by atoms with Crippen molar-refractivity contribution < 1.29 is 23.8 Å². The van der Waals surface area contributed by atoms with Gasteiger partial charge in [0.05, 0.1) is 13.3 Å². The molecule has 0 saturated heterocycles. The third-order valence-electron chi connectivity index (χ3n) is 3.09. The fraction of sp³-hybridized carbons (Fsp3) is 0.176. The van der Waals surface area contributed by atoms with Gasteiger partial charge in [0.2, 0.25) is 0 Å². The van der Waals surface area contributed by atoms with E-state index in [0.717, 1.165) is 0 Å². The summed E-state index contributed by atoms with van der Waals surface area (Å²) in [5, 5.41) is 13.5. The molecule has 0 bridgehead atoms. The van der Waals surface area contributed by atoms with Crippen LogP contribution in [0.4, 0.5) is 4.39 Å². The average Bonchev–Trinajstić information content (AvgIpc) is 2.56. The van der Waals surface area contributed by atoms with E-state index < -0.39 is 17.8 Å². The van der Waals surface area contributed by atoms with Crippen molar-refractivity contribution in [3.05, 3.63) is 53.8 Å². The summed E-state index contributed by atoms with van der Waals surface area (Å²) in [4.78, 5) is 11.9. The summed E-state index contributed by atoms with van der Waals surface area (Å²) >= 11 is 0. The van der Waals surface area contributed by atoms with Crippen molar-refractivity contribution in [3.63, 3.8) is 0 Å². The Morgan fingerprint density at radius 1 is 1.29 bits per heavy atom. The van der Waals surface area contributed by atoms with Crippen molar-refractivity contribution in [2.75, 3.05) is 7.11 Å². The first kappa shape index (κ1) is 17.3. The maximum Gasteiger partial charge on any atom is 0.280 e. The molecular formula is C17H17FN2O4. The monoisotopic (exact) mass is 332 g/mol. The number of hydrogen-bond donors (Lipinski definition) is 2. The second-order valence-electron chi connectivity index (χ2n) is 4.88. The van der Waals surface area contributed by atoms with Gasteiger partial charge >= 0.3 is 0 Å². The van der Waals surface area contributed by atoms with Crippen molar-refractivity contribution in [1.82, 2.24) is 5.43 Å². The number of carbonyl (C=O) groups excluding carboxylic acids is 1. The van der Waals surface area contributed by atoms with Crippen LogP contribution in [0.15, 0.2) is 47.6 Å². The Balaban J connectivity index is 1.94. The molecule has 0 radical (unpaired) electrons. The number of benzene rings is 2. The van der Waals surface area contributed by atoms with E-state index in [-0.39, 0.29) is 11.5 Å². The minimum absolute atomic E-state index is 0.00198. The van der Waals surface area contributed by atoms with Gasteiger partial charge in [-0.25, -0.2) is 9.82 Å². The molecule has 0 saturated carbocycles. The zero-order chi connectivity index (χ0) is 17.5. The lowest BCUT2D eigenvalue weighted by atomic mass is 10.2. The van der Waals surface area contributed by atoms with Crippen LogP contribution in [0, 0.1) is 5.82 Å². The van der Waals surface area contributed by atoms with Crippen LogP contribution in [-0.4, -0.2) is 30.4 Å². The van der Waals surface area contributed by atoms with Gasteiger partial charge < -0.3 is 14.6 Å². The number of methoxy groups -OCH3 is 1. The van der Waals surface area contributed by atoms with Gasteiger partial charge in [0, 0.05) is 11.6 Å². The molecule has 0 fully saturated rings. The largest absolute Gasteiger partial charge is 0.507 e. The van der Waals surface area contributed by atoms with Gasteiger partial charge in [-0.1, -0.05) is 6.07 Å². The topological polar surface area (TPSA) is 80.2 Å². The van der Waals surface area contributed by atoms with Crippen molar-refractivity contribution in [2.24, 2.45) is 5.10 Å². The number of hydrogen-bond acceptors (Lipinski definition) is 5. The molecule has 126 valence electrons. The van der Waals surface area contributed by atoms with Crippen molar-refractivity contribution in [3.8, 4) is 17.2 Å². The lowest BCUT2D eigenvalue weighted by molar-refractivity contribution is -0.127. The van der Waals surface area contributed by atoms with Crippen LogP contribution in [-0.2, 0) is 4.79 Å². The maximum absolute atomic E-state index is 13.1. The molecule has 1 unspecified atom stereocenters. The van der Waals surface area contributed by atoms with Crippen molar-refractivity contribution in [2.45, 2.75) is 13.0 Å². The standard InChI is InChI=1S/C17H17FN2O4/c1-11(24-15-5-3-4-13(18)9-15)17(22)20-19-10-12-8-14(23-2)6-7-16(12)21/h3-11,21H,1-2H3,(H,20,22). The zero-order valence-electron chi connectivity index (χ0n) is 13.2. The molecule has 2 rings (SSSR count). The molecule has 0 heterocycles. The predicted molar refractivity (Wildman–Crippen MR) is 86.9 cm³/mol. The summed E-state index contributed by atoms with van der Waals surface area (Å²) in [6.07, 6.45) is 0.410. The first-order valence-corrected chi connectivity index (χ1v) is 7.11. The van der Waals surface area contributed by atoms with E-state index in [9.17, 15) is 14.3 Å². The number of phenols is 1. The van der Waals surface area contributed by atoms with E-state index >= 15 is 0 Å². The van der Waals surface area contributed by atoms with Gasteiger partial charge in [0.1, 0.15) is 23.1 Å². The first-order chi connectivity index (χ1) is 11.5. The molecule has 2 aromatic carbocycles. The molecule has 1 atom stereocenters. The van der Waals surface area contributed by atoms with E-state index in [1.165, 1.54) is 44.5 Å². The van der Waals surface area contributed by atoms with Crippen LogP contribution in [0.1, 0.15) is 12.5 Å². The highest BCUT2D eigenvalue weighted by Crippen LogP contribution is 2.21. The zero-order valence-corrected chi connectivity index (χ0v) is 13.2. The molecular weight excluding hydrogens is 315 g/mol. The van der Waals surface area contributed by atoms with Crippen LogP contribution in [0.3, 0.4) is 0 Å². The van der Waals surface area contributed by atoms with Gasteiger partial charge in [-0.05, 0) is 37.3 Å². The predicted octanol–water partition coefficient (Wildman–Crippen LogP) is 2.46. The molecule has 7 heteroatoms. The Hall–Kier alpha value is -3.09. The summed E-state index contributed by atoms with van der Waals surface area (Å²) in [5.74, 6) is -0.183. The van der Waals surface area contributed by atoms with Crippen molar-refractivity contribution in [1.29, 1.82) is 0 Å². The number of aromatic hydroxyl groups is 1. The van der Waals surface area contributed by atoms with E-state index in [0.29, 0.717) is 11.3 Å². The van der Waals surface area contributed by atoms with Gasteiger partial charge in [-0.3, -0.25) is 4.79 Å². The van der Waals surface area contributed by atoms with Crippen LogP contribution in [0.5, 0.6) is 17.2 Å². The lowest BCUT2D eigenvalue weighted by Gasteiger charge is -2.12. The normalized spacial score (nSPS) is 12.0. The van der Waals surface area contributed by atoms with Gasteiger partial charge in [0.25, 0.3) is 5.91 Å². The summed E-state index contributed by atoms with van der Waals surface area (Å²) in [7, 11) is 1.50. The number of carbonyl (C=O) groups is 1. The average molecular weight is 332 g/mol. The minimum atomic E-state index is -0.872. The number of rotatable bonds is 6. The minimum Gasteiger partial charge on any atom is -0.507 e. The number of amides is 1. The number of hydrazone groups is 1. The highest BCUT2D eigenvalue weighted by molar-refractivity contribution is 5.86. The Kier molecular flexibility index (Phi) is 5.73. The quantitative estimate of drug-likeness (QED) is 0.629. The third-order valence-corrected chi connectivity index (χ3v) is 3.09. The first-order valence-electron chi connectivity index (χ1n) is 7.11. The Bertz CT molecular complexity index is 749. The molecule has 6 nitrogen and oxygen atoms in total. The van der Waals surface area contributed by atoms with Gasteiger partial charge in [-0.2, -0.15) is 5.10 Å². The van der Waals surface area contributed by atoms with Crippen LogP contribution >= 0.6 is 0 Å². The van der Waals surface area contributed by atoms with E-state index in [1.807, 2.05) is 0 Å². The maximum atomic E-state index is 13.1. The van der Waals surface area contributed by atoms with Gasteiger partial charge in [0.15, 0.2) is 6.10 Å². The SMILES string of the molecule is COc1ccc(O)c(C=NNC(=O)C(C)Oc2cccc(F)c2)c1. The number of nitrogens with one attached hydrogen (secondary N) is 1.